The molecule has 18 heavy (non-hydrogen) atoms. The first-order chi connectivity index (χ1) is 8.44. The van der Waals surface area contributed by atoms with Crippen LogP contribution in [0, 0.1) is 0 Å². The number of carboxylic acids is 1. The third-order valence-corrected chi connectivity index (χ3v) is 3.45. The molecule has 0 aliphatic carbocycles. The topological polar surface area (TPSA) is 111 Å². The number of aromatic nitrogens is 2. The molecular weight excluding hydrogens is 262 g/mol. The molecule has 0 saturated heterocycles. The molecule has 0 unspecified atom stereocenters. The highest BCUT2D eigenvalue weighted by atomic mass is 32.2. The van der Waals surface area contributed by atoms with Crippen LogP contribution >= 0.6 is 0 Å². The van der Waals surface area contributed by atoms with E-state index in [1.165, 1.54) is 24.2 Å². The SMILES string of the molecule is COCCS(=O)(=O)NCCn1cnc(C(=O)O)c1. The molecule has 1 heterocycles. The minimum absolute atomic E-state index is 0.0720. The van der Waals surface area contributed by atoms with E-state index in [-0.39, 0.29) is 24.6 Å². The lowest BCUT2D eigenvalue weighted by atomic mass is 10.5. The van der Waals surface area contributed by atoms with Crippen LogP contribution in [0.15, 0.2) is 12.5 Å². The number of hydrogen-bond acceptors (Lipinski definition) is 5. The van der Waals surface area contributed by atoms with E-state index < -0.39 is 16.0 Å². The third kappa shape index (κ3) is 4.82. The molecule has 1 rings (SSSR count). The summed E-state index contributed by atoms with van der Waals surface area (Å²) in [5, 5.41) is 8.65. The third-order valence-electron chi connectivity index (χ3n) is 2.10. The first-order valence-electron chi connectivity index (χ1n) is 5.16. The Labute approximate surface area is 105 Å². The number of aromatic carboxylic acids is 1. The van der Waals surface area contributed by atoms with Gasteiger partial charge in [-0.15, -0.1) is 0 Å². The quantitative estimate of drug-likeness (QED) is 0.640. The van der Waals surface area contributed by atoms with Crippen LogP contribution in [0.4, 0.5) is 0 Å². The highest BCUT2D eigenvalue weighted by Crippen LogP contribution is 1.95. The van der Waals surface area contributed by atoms with Crippen molar-refractivity contribution >= 4 is 16.0 Å². The Balaban J connectivity index is 2.39. The summed E-state index contributed by atoms with van der Waals surface area (Å²) in [6, 6.07) is 0. The summed E-state index contributed by atoms with van der Waals surface area (Å²) in [7, 11) is -1.92. The van der Waals surface area contributed by atoms with Crippen LogP contribution in [0.3, 0.4) is 0 Å². The minimum Gasteiger partial charge on any atom is -0.476 e. The zero-order valence-corrected chi connectivity index (χ0v) is 10.7. The molecule has 0 aliphatic heterocycles. The van der Waals surface area contributed by atoms with Crippen molar-refractivity contribution in [3.8, 4) is 0 Å². The average Bonchev–Trinajstić information content (AvgIpc) is 2.75. The van der Waals surface area contributed by atoms with Crippen molar-refractivity contribution in [2.45, 2.75) is 6.54 Å². The van der Waals surface area contributed by atoms with Gasteiger partial charge in [-0.2, -0.15) is 0 Å². The van der Waals surface area contributed by atoms with Crippen LogP contribution in [0.25, 0.3) is 0 Å². The second kappa shape index (κ2) is 6.47. The molecule has 0 amide bonds. The van der Waals surface area contributed by atoms with E-state index in [1.54, 1.807) is 0 Å². The van der Waals surface area contributed by atoms with E-state index in [9.17, 15) is 13.2 Å². The molecule has 9 heteroatoms. The van der Waals surface area contributed by atoms with Gasteiger partial charge in [-0.05, 0) is 0 Å². The number of imidazole rings is 1. The van der Waals surface area contributed by atoms with Crippen molar-refractivity contribution in [1.82, 2.24) is 14.3 Å². The normalized spacial score (nSPS) is 11.6. The van der Waals surface area contributed by atoms with Gasteiger partial charge in [0.1, 0.15) is 0 Å². The summed E-state index contributed by atoms with van der Waals surface area (Å²) in [4.78, 5) is 14.2. The fourth-order valence-electron chi connectivity index (χ4n) is 1.19. The summed E-state index contributed by atoms with van der Waals surface area (Å²) >= 11 is 0. The Morgan fingerprint density at radius 2 is 2.33 bits per heavy atom. The zero-order valence-electron chi connectivity index (χ0n) is 9.87. The second-order valence-corrected chi connectivity index (χ2v) is 5.43. The van der Waals surface area contributed by atoms with Gasteiger partial charge in [-0.3, -0.25) is 0 Å². The van der Waals surface area contributed by atoms with Crippen LogP contribution in [0.2, 0.25) is 0 Å². The maximum atomic E-state index is 11.4. The van der Waals surface area contributed by atoms with Crippen molar-refractivity contribution in [3.05, 3.63) is 18.2 Å². The molecule has 1 aromatic heterocycles. The van der Waals surface area contributed by atoms with Gasteiger partial charge in [0, 0.05) is 26.4 Å². The van der Waals surface area contributed by atoms with Crippen molar-refractivity contribution < 1.29 is 23.1 Å². The zero-order chi connectivity index (χ0) is 13.6. The van der Waals surface area contributed by atoms with Gasteiger partial charge < -0.3 is 14.4 Å². The van der Waals surface area contributed by atoms with Gasteiger partial charge in [0.15, 0.2) is 5.69 Å². The highest BCUT2D eigenvalue weighted by Gasteiger charge is 2.10. The number of carbonyl (C=O) groups is 1. The Hall–Kier alpha value is -1.45. The molecule has 1 aromatic rings. The summed E-state index contributed by atoms with van der Waals surface area (Å²) in [5.74, 6) is -1.22. The molecule has 0 aliphatic rings. The van der Waals surface area contributed by atoms with Crippen molar-refractivity contribution in [1.29, 1.82) is 0 Å². The van der Waals surface area contributed by atoms with Gasteiger partial charge in [0.05, 0.1) is 18.7 Å². The van der Waals surface area contributed by atoms with Gasteiger partial charge >= 0.3 is 5.97 Å². The summed E-state index contributed by atoms with van der Waals surface area (Å²) < 4.78 is 31.3. The molecule has 0 aromatic carbocycles. The predicted molar refractivity (Wildman–Crippen MR) is 62.9 cm³/mol. The molecule has 2 N–H and O–H groups in total. The fourth-order valence-corrected chi connectivity index (χ4v) is 2.12. The number of sulfonamides is 1. The molecular formula is C9H15N3O5S. The second-order valence-electron chi connectivity index (χ2n) is 3.51. The molecule has 0 spiro atoms. The van der Waals surface area contributed by atoms with Crippen molar-refractivity contribution in [3.63, 3.8) is 0 Å². The smallest absolute Gasteiger partial charge is 0.356 e. The van der Waals surface area contributed by atoms with E-state index in [0.717, 1.165) is 0 Å². The molecule has 0 radical (unpaired) electrons. The van der Waals surface area contributed by atoms with Gasteiger partial charge in [0.2, 0.25) is 10.0 Å². The maximum absolute atomic E-state index is 11.4. The summed E-state index contributed by atoms with van der Waals surface area (Å²) in [6.45, 7) is 0.609. The van der Waals surface area contributed by atoms with Crippen molar-refractivity contribution in [2.75, 3.05) is 26.0 Å². The predicted octanol–water partition coefficient (Wildman–Crippen LogP) is -0.853. The fraction of sp³-hybridized carbons (Fsp3) is 0.556. The Kier molecular flexibility index (Phi) is 5.25. The maximum Gasteiger partial charge on any atom is 0.356 e. The number of nitrogens with zero attached hydrogens (tertiary/aromatic N) is 2. The van der Waals surface area contributed by atoms with E-state index in [0.29, 0.717) is 6.54 Å². The molecule has 0 bridgehead atoms. The van der Waals surface area contributed by atoms with Gasteiger partial charge in [-0.1, -0.05) is 0 Å². The van der Waals surface area contributed by atoms with E-state index in [2.05, 4.69) is 14.4 Å². The summed E-state index contributed by atoms with van der Waals surface area (Å²) in [5.41, 5.74) is -0.0720. The number of nitrogens with one attached hydrogen (secondary N) is 1. The lowest BCUT2D eigenvalue weighted by Gasteiger charge is -2.06. The largest absolute Gasteiger partial charge is 0.476 e. The van der Waals surface area contributed by atoms with E-state index in [4.69, 9.17) is 5.11 Å². The Morgan fingerprint density at radius 3 is 2.89 bits per heavy atom. The van der Waals surface area contributed by atoms with Crippen LogP contribution in [-0.4, -0.2) is 55.1 Å². The first kappa shape index (κ1) is 14.6. The number of rotatable bonds is 8. The molecule has 0 atom stereocenters. The molecule has 0 saturated carbocycles. The van der Waals surface area contributed by atoms with Crippen LogP contribution in [-0.2, 0) is 21.3 Å². The van der Waals surface area contributed by atoms with Crippen LogP contribution < -0.4 is 4.72 Å². The molecule has 102 valence electrons. The number of ether oxygens (including phenoxy) is 1. The van der Waals surface area contributed by atoms with Crippen LogP contribution in [0.1, 0.15) is 10.5 Å². The highest BCUT2D eigenvalue weighted by molar-refractivity contribution is 7.89. The number of carboxylic acid groups (broad SMARTS) is 1. The van der Waals surface area contributed by atoms with Crippen LogP contribution in [0.5, 0.6) is 0 Å². The molecule has 0 fully saturated rings. The van der Waals surface area contributed by atoms with Crippen molar-refractivity contribution in [2.24, 2.45) is 0 Å². The average molecular weight is 277 g/mol. The van der Waals surface area contributed by atoms with Gasteiger partial charge in [-0.25, -0.2) is 22.9 Å². The monoisotopic (exact) mass is 277 g/mol. The molecule has 8 nitrogen and oxygen atoms in total. The van der Waals surface area contributed by atoms with Gasteiger partial charge in [0.25, 0.3) is 0 Å². The Morgan fingerprint density at radius 1 is 1.61 bits per heavy atom. The first-order valence-corrected chi connectivity index (χ1v) is 6.81. The lowest BCUT2D eigenvalue weighted by molar-refractivity contribution is 0.0691. The standard InChI is InChI=1S/C9H15N3O5S/c1-17-4-5-18(15,16)11-2-3-12-6-8(9(13)14)10-7-12/h6-7,11H,2-5H2,1H3,(H,13,14). The Bertz CT molecular complexity index is 496. The number of hydrogen-bond donors (Lipinski definition) is 2. The van der Waals surface area contributed by atoms with E-state index >= 15 is 0 Å². The summed E-state index contributed by atoms with van der Waals surface area (Å²) in [6.07, 6.45) is 2.68. The lowest BCUT2D eigenvalue weighted by Crippen LogP contribution is -2.30. The van der Waals surface area contributed by atoms with E-state index in [1.807, 2.05) is 0 Å². The number of methoxy groups -OCH3 is 1. The minimum atomic E-state index is -3.35.